The summed E-state index contributed by atoms with van der Waals surface area (Å²) < 4.78 is 10.7. The van der Waals surface area contributed by atoms with E-state index in [1.165, 1.54) is 74.1 Å². The zero-order chi connectivity index (χ0) is 44.5. The van der Waals surface area contributed by atoms with Crippen LogP contribution in [0.4, 0.5) is 34.1 Å². The normalized spacial score (nSPS) is 14.5. The Morgan fingerprint density at radius 1 is 0.338 bits per heavy atom. The second kappa shape index (κ2) is 14.4. The number of hydrogen-bond donors (Lipinski definition) is 0. The molecule has 68 heavy (non-hydrogen) atoms. The minimum absolute atomic E-state index is 0.561. The Balaban J connectivity index is 0.997. The molecule has 2 aliphatic rings. The molecule has 13 aromatic rings. The Bertz CT molecular complexity index is 4180. The van der Waals surface area contributed by atoms with Crippen molar-refractivity contribution >= 4 is 109 Å². The number of nitrogens with zero attached hydrogens (tertiary/aromatic N) is 2. The van der Waals surface area contributed by atoms with E-state index in [-0.39, 0.29) is 0 Å². The number of benzene rings is 10. The van der Waals surface area contributed by atoms with Crippen LogP contribution in [0.3, 0.4) is 0 Å². The van der Waals surface area contributed by atoms with E-state index in [1.807, 2.05) is 22.7 Å². The highest BCUT2D eigenvalue weighted by atomic mass is 32.1. The monoisotopic (exact) mass is 902 g/mol. The zero-order valence-corrected chi connectivity index (χ0v) is 38.2. The second-order valence-corrected chi connectivity index (χ2v) is 20.0. The number of rotatable bonds is 6. The fourth-order valence-corrected chi connectivity index (χ4v) is 14.2. The highest BCUT2D eigenvalue weighted by Crippen LogP contribution is 2.68. The van der Waals surface area contributed by atoms with Crippen LogP contribution in [-0.2, 0) is 5.41 Å². The molecule has 0 saturated carbocycles. The van der Waals surface area contributed by atoms with Gasteiger partial charge in [0.05, 0.1) is 16.8 Å². The van der Waals surface area contributed by atoms with Gasteiger partial charge in [-0.05, 0) is 113 Å². The maximum absolute atomic E-state index is 6.82. The Morgan fingerprint density at radius 3 is 1.76 bits per heavy atom. The third kappa shape index (κ3) is 5.17. The molecule has 0 radical (unpaired) electrons. The van der Waals surface area contributed by atoms with E-state index in [2.05, 4.69) is 240 Å². The van der Waals surface area contributed by atoms with Gasteiger partial charge >= 0.3 is 0 Å². The molecule has 0 amide bonds. The lowest BCUT2D eigenvalue weighted by atomic mass is 9.73. The lowest BCUT2D eigenvalue weighted by Crippen LogP contribution is -2.25. The molecule has 318 valence electrons. The van der Waals surface area contributed by atoms with Gasteiger partial charge in [0, 0.05) is 79.8 Å². The molecule has 3 heterocycles. The van der Waals surface area contributed by atoms with Gasteiger partial charge in [0.2, 0.25) is 0 Å². The first-order chi connectivity index (χ1) is 33.7. The highest BCUT2D eigenvalue weighted by molar-refractivity contribution is 7.25. The average Bonchev–Trinajstić information content (AvgIpc) is 4.20. The molecule has 3 aromatic heterocycles. The Kier molecular flexibility index (Phi) is 8.03. The summed E-state index contributed by atoms with van der Waals surface area (Å²) in [5, 5.41) is 6.08. The van der Waals surface area contributed by atoms with Gasteiger partial charge in [0.25, 0.3) is 0 Å². The highest BCUT2D eigenvalue weighted by Gasteiger charge is 2.54. The minimum Gasteiger partial charge on any atom is -0.454 e. The van der Waals surface area contributed by atoms with Crippen molar-refractivity contribution < 1.29 is 4.42 Å². The molecule has 0 fully saturated rings. The van der Waals surface area contributed by atoms with Gasteiger partial charge in [0.1, 0.15) is 5.58 Å². The van der Waals surface area contributed by atoms with Crippen LogP contribution in [0.2, 0.25) is 0 Å². The quantitative estimate of drug-likeness (QED) is 0.166. The smallest absolute Gasteiger partial charge is 0.159 e. The van der Waals surface area contributed by atoms with Crippen LogP contribution in [0.1, 0.15) is 21.6 Å². The maximum atomic E-state index is 6.82. The Hall–Kier alpha value is -8.22. The van der Waals surface area contributed by atoms with Crippen LogP contribution in [0.5, 0.6) is 0 Å². The summed E-state index contributed by atoms with van der Waals surface area (Å²) in [4.78, 5) is 6.24. The Morgan fingerprint density at radius 2 is 0.926 bits per heavy atom. The molecule has 1 atom stereocenters. The predicted octanol–water partition coefficient (Wildman–Crippen LogP) is 18.5. The molecular weight excluding hydrogens is 865 g/mol. The molecule has 2 aliphatic carbocycles. The zero-order valence-electron chi connectivity index (χ0n) is 36.6. The molecular formula is C63H38N2OS2. The molecule has 10 aromatic carbocycles. The molecule has 0 aliphatic heterocycles. The van der Waals surface area contributed by atoms with Crippen molar-refractivity contribution in [1.29, 1.82) is 0 Å². The van der Waals surface area contributed by atoms with E-state index in [9.17, 15) is 0 Å². The molecule has 1 unspecified atom stereocenters. The lowest BCUT2D eigenvalue weighted by Gasteiger charge is -2.32. The average molecular weight is 903 g/mol. The second-order valence-electron chi connectivity index (χ2n) is 17.9. The van der Waals surface area contributed by atoms with Gasteiger partial charge in [-0.25, -0.2) is 0 Å². The standard InChI is InChI=1S/C63H38N2OS2/c1-3-17-39(18-4-1)64(42-34-36-58-49(38-42)45-23-9-13-31-56(45)67-58)41-33-35-51-48(37-41)43-21-7-11-26-50(43)63(51)52-27-16-28-53(60(52)59-47-24-10-14-32-57(47)68-62(59)63)65(40-19-5-2-6-20-40)54-29-15-25-46-44-22-8-12-30-55(44)66-61(46)54/h1-38H. The van der Waals surface area contributed by atoms with Crippen molar-refractivity contribution in [3.8, 4) is 22.3 Å². The van der Waals surface area contributed by atoms with Gasteiger partial charge in [0.15, 0.2) is 5.58 Å². The SMILES string of the molecule is c1ccc(N(c2ccc3c(c2)-c2ccccc2C32c3cccc(N(c4ccccc4)c4cccc5c4oc4ccccc45)c3-c3c2sc2ccccc32)c2ccc3sc4ccccc4c3c2)cc1. The van der Waals surface area contributed by atoms with Gasteiger partial charge in [-0.2, -0.15) is 0 Å². The number of hydrogen-bond acceptors (Lipinski definition) is 5. The van der Waals surface area contributed by atoms with Crippen molar-refractivity contribution in [1.82, 2.24) is 0 Å². The van der Waals surface area contributed by atoms with Crippen LogP contribution < -0.4 is 9.80 Å². The fraction of sp³-hybridized carbons (Fsp3) is 0.0159. The summed E-state index contributed by atoms with van der Waals surface area (Å²) in [6, 6.07) is 84.8. The summed E-state index contributed by atoms with van der Waals surface area (Å²) in [6.45, 7) is 0. The number of fused-ring (bicyclic) bond motifs is 18. The van der Waals surface area contributed by atoms with Crippen LogP contribution in [-0.4, -0.2) is 0 Å². The van der Waals surface area contributed by atoms with Crippen molar-refractivity contribution in [2.24, 2.45) is 0 Å². The first kappa shape index (κ1) is 37.9. The van der Waals surface area contributed by atoms with E-state index in [1.54, 1.807) is 0 Å². The minimum atomic E-state index is -0.561. The van der Waals surface area contributed by atoms with E-state index >= 15 is 0 Å². The summed E-state index contributed by atoms with van der Waals surface area (Å²) in [6.07, 6.45) is 0. The molecule has 1 spiro atoms. The van der Waals surface area contributed by atoms with Gasteiger partial charge < -0.3 is 14.2 Å². The maximum Gasteiger partial charge on any atom is 0.159 e. The first-order valence-electron chi connectivity index (χ1n) is 23.2. The summed E-state index contributed by atoms with van der Waals surface area (Å²) in [7, 11) is 0. The van der Waals surface area contributed by atoms with Crippen LogP contribution >= 0.6 is 22.7 Å². The summed E-state index contributed by atoms with van der Waals surface area (Å²) in [5.74, 6) is 0. The third-order valence-corrected chi connectivity index (χ3v) is 16.9. The fourth-order valence-electron chi connectivity index (χ4n) is 11.7. The van der Waals surface area contributed by atoms with Crippen molar-refractivity contribution in [2.45, 2.75) is 5.41 Å². The first-order valence-corrected chi connectivity index (χ1v) is 24.8. The molecule has 3 nitrogen and oxygen atoms in total. The predicted molar refractivity (Wildman–Crippen MR) is 288 cm³/mol. The van der Waals surface area contributed by atoms with Crippen molar-refractivity contribution in [2.75, 3.05) is 9.80 Å². The molecule has 5 heteroatoms. The van der Waals surface area contributed by atoms with E-state index < -0.39 is 5.41 Å². The molecule has 15 rings (SSSR count). The van der Waals surface area contributed by atoms with Gasteiger partial charge in [-0.15, -0.1) is 22.7 Å². The Labute approximate surface area is 400 Å². The lowest BCUT2D eigenvalue weighted by molar-refractivity contribution is 0.669. The van der Waals surface area contributed by atoms with Crippen molar-refractivity contribution in [3.05, 3.63) is 252 Å². The number of furan rings is 1. The molecule has 0 bridgehead atoms. The number of anilines is 6. The van der Waals surface area contributed by atoms with Gasteiger partial charge in [-0.1, -0.05) is 146 Å². The van der Waals surface area contributed by atoms with E-state index in [0.29, 0.717) is 0 Å². The third-order valence-electron chi connectivity index (χ3n) is 14.4. The van der Waals surface area contributed by atoms with Gasteiger partial charge in [-0.3, -0.25) is 0 Å². The summed E-state index contributed by atoms with van der Waals surface area (Å²) in [5.41, 5.74) is 16.8. The number of para-hydroxylation sites is 4. The van der Waals surface area contributed by atoms with Crippen molar-refractivity contribution in [3.63, 3.8) is 0 Å². The van der Waals surface area contributed by atoms with Crippen LogP contribution in [0.25, 0.3) is 74.5 Å². The topological polar surface area (TPSA) is 19.6 Å². The largest absolute Gasteiger partial charge is 0.454 e. The molecule has 0 N–H and O–H groups in total. The molecule has 0 saturated heterocycles. The van der Waals surface area contributed by atoms with Crippen LogP contribution in [0, 0.1) is 0 Å². The van der Waals surface area contributed by atoms with E-state index in [0.717, 1.165) is 56.1 Å². The number of thiophene rings is 2. The van der Waals surface area contributed by atoms with Crippen LogP contribution in [0.15, 0.2) is 235 Å². The van der Waals surface area contributed by atoms with E-state index in [4.69, 9.17) is 4.42 Å². The summed E-state index contributed by atoms with van der Waals surface area (Å²) >= 11 is 3.80.